The van der Waals surface area contributed by atoms with Gasteiger partial charge in [-0.1, -0.05) is 18.7 Å². The first kappa shape index (κ1) is 17.8. The highest BCUT2D eigenvalue weighted by molar-refractivity contribution is 8.00. The standard InChI is InChI=1S/C20H23N3OS/c1-13-4-6-23(7-5-13)19(24)12-25-20-17(11-21)10-16-8-14(2)15(3)9-18(16)22-20/h8-10,13H,4-7,12H2,1-3H3. The van der Waals surface area contributed by atoms with Gasteiger partial charge in [0, 0.05) is 18.5 Å². The third-order valence-electron chi connectivity index (χ3n) is 4.98. The van der Waals surface area contributed by atoms with Crippen molar-refractivity contribution in [2.24, 2.45) is 5.92 Å². The number of aryl methyl sites for hydroxylation is 2. The number of aromatic nitrogens is 1. The highest BCUT2D eigenvalue weighted by atomic mass is 32.2. The lowest BCUT2D eigenvalue weighted by molar-refractivity contribution is -0.129. The quantitative estimate of drug-likeness (QED) is 0.781. The van der Waals surface area contributed by atoms with Crippen LogP contribution in [0.2, 0.25) is 0 Å². The maximum atomic E-state index is 12.4. The van der Waals surface area contributed by atoms with Crippen LogP contribution < -0.4 is 0 Å². The van der Waals surface area contributed by atoms with E-state index in [0.29, 0.717) is 22.3 Å². The van der Waals surface area contributed by atoms with E-state index in [0.717, 1.165) is 36.8 Å². The molecule has 2 aromatic rings. The van der Waals surface area contributed by atoms with Crippen molar-refractivity contribution in [3.05, 3.63) is 34.9 Å². The summed E-state index contributed by atoms with van der Waals surface area (Å²) in [6, 6.07) is 8.21. The fraction of sp³-hybridized carbons (Fsp3) is 0.450. The Kier molecular flexibility index (Phi) is 5.29. The molecule has 4 nitrogen and oxygen atoms in total. The molecule has 1 fully saturated rings. The van der Waals surface area contributed by atoms with E-state index in [9.17, 15) is 10.1 Å². The van der Waals surface area contributed by atoms with Gasteiger partial charge in [0.1, 0.15) is 11.1 Å². The topological polar surface area (TPSA) is 57.0 Å². The van der Waals surface area contributed by atoms with E-state index in [1.54, 1.807) is 0 Å². The number of piperidine rings is 1. The molecule has 130 valence electrons. The maximum absolute atomic E-state index is 12.4. The Labute approximate surface area is 153 Å². The average Bonchev–Trinajstić information content (AvgIpc) is 2.60. The summed E-state index contributed by atoms with van der Waals surface area (Å²) in [5.74, 6) is 1.19. The number of hydrogen-bond donors (Lipinski definition) is 0. The van der Waals surface area contributed by atoms with E-state index >= 15 is 0 Å². The molecule has 0 atom stereocenters. The van der Waals surface area contributed by atoms with Gasteiger partial charge in [0.2, 0.25) is 5.91 Å². The van der Waals surface area contributed by atoms with Gasteiger partial charge in [-0.15, -0.1) is 0 Å². The number of carbonyl (C=O) groups excluding carboxylic acids is 1. The zero-order chi connectivity index (χ0) is 18.0. The van der Waals surface area contributed by atoms with Gasteiger partial charge in [-0.25, -0.2) is 4.98 Å². The molecule has 5 heteroatoms. The molecule has 0 N–H and O–H groups in total. The van der Waals surface area contributed by atoms with E-state index in [4.69, 9.17) is 0 Å². The summed E-state index contributed by atoms with van der Waals surface area (Å²) in [5.41, 5.74) is 3.79. The fourth-order valence-electron chi connectivity index (χ4n) is 3.09. The summed E-state index contributed by atoms with van der Waals surface area (Å²) in [7, 11) is 0. The molecular weight excluding hydrogens is 330 g/mol. The number of rotatable bonds is 3. The molecule has 0 bridgehead atoms. The van der Waals surface area contributed by atoms with Crippen molar-refractivity contribution in [3.8, 4) is 6.07 Å². The number of pyridine rings is 1. The Morgan fingerprint density at radius 1 is 1.28 bits per heavy atom. The summed E-state index contributed by atoms with van der Waals surface area (Å²) < 4.78 is 0. The van der Waals surface area contributed by atoms with E-state index in [1.165, 1.54) is 22.9 Å². The Bertz CT molecular complexity index is 848. The maximum Gasteiger partial charge on any atom is 0.232 e. The van der Waals surface area contributed by atoms with Gasteiger partial charge in [-0.3, -0.25) is 4.79 Å². The lowest BCUT2D eigenvalue weighted by Crippen LogP contribution is -2.38. The van der Waals surface area contributed by atoms with Crippen molar-refractivity contribution >= 4 is 28.6 Å². The molecule has 1 aromatic carbocycles. The monoisotopic (exact) mass is 353 g/mol. The number of likely N-dealkylation sites (tertiary alicyclic amines) is 1. The Balaban J connectivity index is 1.77. The first-order valence-electron chi connectivity index (χ1n) is 8.70. The lowest BCUT2D eigenvalue weighted by atomic mass is 9.99. The van der Waals surface area contributed by atoms with Gasteiger partial charge < -0.3 is 4.90 Å². The molecule has 0 saturated carbocycles. The second-order valence-corrected chi connectivity index (χ2v) is 7.90. The molecule has 1 aromatic heterocycles. The molecule has 1 amide bonds. The molecule has 0 spiro atoms. The molecule has 0 radical (unpaired) electrons. The number of amides is 1. The Morgan fingerprint density at radius 3 is 2.64 bits per heavy atom. The van der Waals surface area contributed by atoms with Crippen molar-refractivity contribution in [2.75, 3.05) is 18.8 Å². The molecule has 1 aliphatic heterocycles. The van der Waals surface area contributed by atoms with E-state index in [-0.39, 0.29) is 5.91 Å². The van der Waals surface area contributed by atoms with Crippen LogP contribution in [-0.2, 0) is 4.79 Å². The number of nitrogens with zero attached hydrogens (tertiary/aromatic N) is 3. The normalized spacial score (nSPS) is 15.4. The molecular formula is C20H23N3OS. The largest absolute Gasteiger partial charge is 0.342 e. The van der Waals surface area contributed by atoms with Gasteiger partial charge >= 0.3 is 0 Å². The predicted molar refractivity (Wildman–Crippen MR) is 102 cm³/mol. The molecule has 25 heavy (non-hydrogen) atoms. The van der Waals surface area contributed by atoms with Crippen LogP contribution in [-0.4, -0.2) is 34.6 Å². The zero-order valence-electron chi connectivity index (χ0n) is 15.0. The van der Waals surface area contributed by atoms with Gasteiger partial charge in [0.25, 0.3) is 0 Å². The molecule has 2 heterocycles. The second kappa shape index (κ2) is 7.45. The Morgan fingerprint density at radius 2 is 1.96 bits per heavy atom. The number of hydrogen-bond acceptors (Lipinski definition) is 4. The number of thioether (sulfide) groups is 1. The van der Waals surface area contributed by atoms with Crippen LogP contribution in [0.1, 0.15) is 36.5 Å². The molecule has 1 aliphatic rings. The van der Waals surface area contributed by atoms with Crippen LogP contribution in [0, 0.1) is 31.1 Å². The SMILES string of the molecule is Cc1cc2cc(C#N)c(SCC(=O)N3CCC(C)CC3)nc2cc1C. The van der Waals surface area contributed by atoms with Crippen LogP contribution in [0.3, 0.4) is 0 Å². The minimum atomic E-state index is 0.141. The minimum Gasteiger partial charge on any atom is -0.342 e. The predicted octanol–water partition coefficient (Wildman–Crippen LogP) is 4.07. The molecule has 1 saturated heterocycles. The number of benzene rings is 1. The van der Waals surface area contributed by atoms with Crippen LogP contribution in [0.15, 0.2) is 23.2 Å². The third-order valence-corrected chi connectivity index (χ3v) is 5.96. The summed E-state index contributed by atoms with van der Waals surface area (Å²) in [4.78, 5) is 19.0. The Hall–Kier alpha value is -2.06. The zero-order valence-corrected chi connectivity index (χ0v) is 15.8. The summed E-state index contributed by atoms with van der Waals surface area (Å²) >= 11 is 1.37. The number of carbonyl (C=O) groups is 1. The first-order chi connectivity index (χ1) is 12.0. The minimum absolute atomic E-state index is 0.141. The van der Waals surface area contributed by atoms with E-state index in [2.05, 4.69) is 37.9 Å². The number of nitriles is 1. The van der Waals surface area contributed by atoms with Gasteiger partial charge in [0.15, 0.2) is 0 Å². The third kappa shape index (κ3) is 3.96. The van der Waals surface area contributed by atoms with E-state index < -0.39 is 0 Å². The highest BCUT2D eigenvalue weighted by Crippen LogP contribution is 2.27. The van der Waals surface area contributed by atoms with Crippen molar-refractivity contribution in [1.82, 2.24) is 9.88 Å². The van der Waals surface area contributed by atoms with Crippen LogP contribution in [0.25, 0.3) is 10.9 Å². The van der Waals surface area contributed by atoms with Crippen LogP contribution >= 0.6 is 11.8 Å². The summed E-state index contributed by atoms with van der Waals surface area (Å²) in [5, 5.41) is 11.1. The first-order valence-corrected chi connectivity index (χ1v) is 9.69. The lowest BCUT2D eigenvalue weighted by Gasteiger charge is -2.30. The second-order valence-electron chi connectivity index (χ2n) is 6.93. The van der Waals surface area contributed by atoms with Crippen molar-refractivity contribution in [2.45, 2.75) is 38.6 Å². The van der Waals surface area contributed by atoms with Gasteiger partial charge in [0.05, 0.1) is 16.8 Å². The molecule has 0 unspecified atom stereocenters. The molecule has 3 rings (SSSR count). The summed E-state index contributed by atoms with van der Waals surface area (Å²) in [6.07, 6.45) is 2.15. The smallest absolute Gasteiger partial charge is 0.232 e. The fourth-order valence-corrected chi connectivity index (χ4v) is 3.96. The van der Waals surface area contributed by atoms with E-state index in [1.807, 2.05) is 17.0 Å². The van der Waals surface area contributed by atoms with Crippen LogP contribution in [0.4, 0.5) is 0 Å². The number of fused-ring (bicyclic) bond motifs is 1. The average molecular weight is 353 g/mol. The molecule has 0 aliphatic carbocycles. The van der Waals surface area contributed by atoms with Gasteiger partial charge in [-0.2, -0.15) is 5.26 Å². The van der Waals surface area contributed by atoms with Gasteiger partial charge in [-0.05, 0) is 61.9 Å². The van der Waals surface area contributed by atoms with Crippen molar-refractivity contribution < 1.29 is 4.79 Å². The van der Waals surface area contributed by atoms with Crippen molar-refractivity contribution in [1.29, 1.82) is 5.26 Å². The van der Waals surface area contributed by atoms with Crippen molar-refractivity contribution in [3.63, 3.8) is 0 Å². The summed E-state index contributed by atoms with van der Waals surface area (Å²) in [6.45, 7) is 8.03. The van der Waals surface area contributed by atoms with Crippen LogP contribution in [0.5, 0.6) is 0 Å². The highest BCUT2D eigenvalue weighted by Gasteiger charge is 2.21.